The van der Waals surface area contributed by atoms with Crippen LogP contribution in [0.2, 0.25) is 0 Å². The fraction of sp³-hybridized carbons (Fsp3) is 0.429. The molecule has 0 aliphatic carbocycles. The van der Waals surface area contributed by atoms with Crippen LogP contribution < -0.4 is 0 Å². The Balaban J connectivity index is 1.79. The molecule has 0 unspecified atom stereocenters. The third-order valence-electron chi connectivity index (χ3n) is 3.67. The van der Waals surface area contributed by atoms with Crippen molar-refractivity contribution in [3.63, 3.8) is 0 Å². The van der Waals surface area contributed by atoms with Crippen molar-refractivity contribution in [2.45, 2.75) is 19.3 Å². The Morgan fingerprint density at radius 2 is 1.44 bits per heavy atom. The maximum Gasteiger partial charge on any atom is 0.262 e. The Morgan fingerprint density at radius 3 is 2.00 bits per heavy atom. The van der Waals surface area contributed by atoms with Crippen molar-refractivity contribution in [2.75, 3.05) is 19.8 Å². The van der Waals surface area contributed by atoms with Crippen LogP contribution in [0.3, 0.4) is 0 Å². The quantitative estimate of drug-likeness (QED) is 0.744. The predicted molar refractivity (Wildman–Crippen MR) is 67.2 cm³/mol. The first-order valence-corrected chi connectivity index (χ1v) is 6.45. The first kappa shape index (κ1) is 11.4. The number of hydrogen-bond acceptors (Lipinski definition) is 3. The van der Waals surface area contributed by atoms with Gasteiger partial charge in [-0.3, -0.25) is 19.4 Å². The summed E-state index contributed by atoms with van der Waals surface area (Å²) >= 11 is 0. The molecule has 0 saturated carbocycles. The standard InChI is InChI=1S/C14H16N2O2/c17-13-11-6-2-3-7-12(11)14(18)16(13)10-15-8-4-1-5-9-15/h2-3,6-7H,1,4-5,8-10H2. The SMILES string of the molecule is O=C1c2ccccc2C(=O)N1CN1CCCCC1. The minimum atomic E-state index is -0.152. The molecular weight excluding hydrogens is 228 g/mol. The Kier molecular flexibility index (Phi) is 2.88. The van der Waals surface area contributed by atoms with Gasteiger partial charge in [-0.15, -0.1) is 0 Å². The molecule has 0 spiro atoms. The highest BCUT2D eigenvalue weighted by Crippen LogP contribution is 2.23. The minimum Gasteiger partial charge on any atom is -0.286 e. The van der Waals surface area contributed by atoms with Crippen LogP contribution >= 0.6 is 0 Å². The largest absolute Gasteiger partial charge is 0.286 e. The van der Waals surface area contributed by atoms with Crippen LogP contribution in [-0.2, 0) is 0 Å². The summed E-state index contributed by atoms with van der Waals surface area (Å²) in [5.41, 5.74) is 1.08. The summed E-state index contributed by atoms with van der Waals surface area (Å²) in [7, 11) is 0. The maximum atomic E-state index is 12.2. The number of hydrogen-bond donors (Lipinski definition) is 0. The van der Waals surface area contributed by atoms with E-state index in [1.54, 1.807) is 24.3 Å². The Hall–Kier alpha value is -1.68. The summed E-state index contributed by atoms with van der Waals surface area (Å²) in [5, 5.41) is 0. The minimum absolute atomic E-state index is 0.152. The molecule has 4 heteroatoms. The zero-order valence-corrected chi connectivity index (χ0v) is 10.3. The molecule has 1 fully saturated rings. The molecule has 0 bridgehead atoms. The van der Waals surface area contributed by atoms with Gasteiger partial charge in [-0.05, 0) is 38.1 Å². The van der Waals surface area contributed by atoms with Gasteiger partial charge in [0, 0.05) is 0 Å². The fourth-order valence-corrected chi connectivity index (χ4v) is 2.67. The third-order valence-corrected chi connectivity index (χ3v) is 3.67. The van der Waals surface area contributed by atoms with E-state index < -0.39 is 0 Å². The van der Waals surface area contributed by atoms with E-state index in [1.165, 1.54) is 11.3 Å². The van der Waals surface area contributed by atoms with E-state index in [2.05, 4.69) is 4.90 Å². The number of rotatable bonds is 2. The maximum absolute atomic E-state index is 12.2. The van der Waals surface area contributed by atoms with Crippen molar-refractivity contribution in [2.24, 2.45) is 0 Å². The lowest BCUT2D eigenvalue weighted by molar-refractivity contribution is 0.0519. The first-order valence-electron chi connectivity index (χ1n) is 6.45. The van der Waals surface area contributed by atoms with Crippen LogP contribution in [0.15, 0.2) is 24.3 Å². The van der Waals surface area contributed by atoms with Crippen molar-refractivity contribution >= 4 is 11.8 Å². The highest BCUT2D eigenvalue weighted by Gasteiger charge is 2.35. The Labute approximate surface area is 106 Å². The number of benzene rings is 1. The second-order valence-electron chi connectivity index (χ2n) is 4.90. The van der Waals surface area contributed by atoms with E-state index in [0.717, 1.165) is 25.9 Å². The molecule has 2 amide bonds. The lowest BCUT2D eigenvalue weighted by atomic mass is 10.1. The summed E-state index contributed by atoms with van der Waals surface area (Å²) in [6.45, 7) is 2.40. The van der Waals surface area contributed by atoms with E-state index in [9.17, 15) is 9.59 Å². The monoisotopic (exact) mass is 244 g/mol. The van der Waals surface area contributed by atoms with Crippen LogP contribution in [-0.4, -0.2) is 41.4 Å². The van der Waals surface area contributed by atoms with Gasteiger partial charge in [0.2, 0.25) is 0 Å². The van der Waals surface area contributed by atoms with E-state index >= 15 is 0 Å². The van der Waals surface area contributed by atoms with E-state index in [0.29, 0.717) is 17.8 Å². The number of nitrogens with zero attached hydrogens (tertiary/aromatic N) is 2. The fourth-order valence-electron chi connectivity index (χ4n) is 2.67. The molecule has 0 N–H and O–H groups in total. The van der Waals surface area contributed by atoms with Crippen molar-refractivity contribution in [1.29, 1.82) is 0 Å². The molecule has 4 nitrogen and oxygen atoms in total. The normalized spacial score (nSPS) is 20.3. The number of amides is 2. The van der Waals surface area contributed by atoms with Crippen molar-refractivity contribution in [3.8, 4) is 0 Å². The average Bonchev–Trinajstić information content (AvgIpc) is 2.66. The molecule has 0 atom stereocenters. The second-order valence-corrected chi connectivity index (χ2v) is 4.90. The molecular formula is C14H16N2O2. The van der Waals surface area contributed by atoms with Crippen molar-refractivity contribution in [1.82, 2.24) is 9.80 Å². The predicted octanol–water partition coefficient (Wildman–Crippen LogP) is 1.73. The average molecular weight is 244 g/mol. The summed E-state index contributed by atoms with van der Waals surface area (Å²) < 4.78 is 0. The number of imide groups is 1. The zero-order chi connectivity index (χ0) is 12.5. The van der Waals surface area contributed by atoms with E-state index in [1.807, 2.05) is 0 Å². The number of fused-ring (bicyclic) bond motifs is 1. The Morgan fingerprint density at radius 1 is 0.889 bits per heavy atom. The number of piperidine rings is 1. The second kappa shape index (κ2) is 4.53. The van der Waals surface area contributed by atoms with Gasteiger partial charge in [0.25, 0.3) is 11.8 Å². The lowest BCUT2D eigenvalue weighted by Crippen LogP contribution is -2.43. The topological polar surface area (TPSA) is 40.6 Å². The van der Waals surface area contributed by atoms with E-state index in [4.69, 9.17) is 0 Å². The first-order chi connectivity index (χ1) is 8.77. The van der Waals surface area contributed by atoms with Crippen LogP contribution in [0.1, 0.15) is 40.0 Å². The molecule has 2 aliphatic heterocycles. The summed E-state index contributed by atoms with van der Waals surface area (Å²) in [5.74, 6) is -0.303. The van der Waals surface area contributed by atoms with E-state index in [-0.39, 0.29) is 11.8 Å². The van der Waals surface area contributed by atoms with Gasteiger partial charge < -0.3 is 0 Å². The number of carbonyl (C=O) groups is 2. The number of likely N-dealkylation sites (tertiary alicyclic amines) is 1. The molecule has 2 aliphatic rings. The van der Waals surface area contributed by atoms with Gasteiger partial charge in [0.15, 0.2) is 0 Å². The summed E-state index contributed by atoms with van der Waals surface area (Å²) in [6.07, 6.45) is 3.56. The van der Waals surface area contributed by atoms with Gasteiger partial charge in [-0.2, -0.15) is 0 Å². The highest BCUT2D eigenvalue weighted by molar-refractivity contribution is 6.21. The molecule has 3 rings (SSSR count). The van der Waals surface area contributed by atoms with Crippen LogP contribution in [0.5, 0.6) is 0 Å². The molecule has 1 saturated heterocycles. The molecule has 0 aromatic heterocycles. The highest BCUT2D eigenvalue weighted by atomic mass is 16.2. The zero-order valence-electron chi connectivity index (χ0n) is 10.3. The Bertz CT molecular complexity index is 457. The molecule has 1 aromatic rings. The smallest absolute Gasteiger partial charge is 0.262 e. The summed E-state index contributed by atoms with van der Waals surface area (Å²) in [6, 6.07) is 7.06. The van der Waals surface area contributed by atoms with Gasteiger partial charge in [-0.25, -0.2) is 0 Å². The van der Waals surface area contributed by atoms with Gasteiger partial charge in [0.05, 0.1) is 17.8 Å². The molecule has 18 heavy (non-hydrogen) atoms. The van der Waals surface area contributed by atoms with Crippen LogP contribution in [0.4, 0.5) is 0 Å². The van der Waals surface area contributed by atoms with Gasteiger partial charge in [-0.1, -0.05) is 18.6 Å². The number of carbonyl (C=O) groups excluding carboxylic acids is 2. The molecule has 94 valence electrons. The van der Waals surface area contributed by atoms with Crippen LogP contribution in [0, 0.1) is 0 Å². The summed E-state index contributed by atoms with van der Waals surface area (Å²) in [4.78, 5) is 27.9. The van der Waals surface area contributed by atoms with Crippen LogP contribution in [0.25, 0.3) is 0 Å². The molecule has 0 radical (unpaired) electrons. The molecule has 2 heterocycles. The lowest BCUT2D eigenvalue weighted by Gasteiger charge is -2.29. The molecule has 1 aromatic carbocycles. The van der Waals surface area contributed by atoms with Crippen molar-refractivity contribution in [3.05, 3.63) is 35.4 Å². The van der Waals surface area contributed by atoms with Gasteiger partial charge >= 0.3 is 0 Å². The van der Waals surface area contributed by atoms with Crippen molar-refractivity contribution < 1.29 is 9.59 Å². The van der Waals surface area contributed by atoms with Gasteiger partial charge in [0.1, 0.15) is 0 Å². The third kappa shape index (κ3) is 1.82.